The van der Waals surface area contributed by atoms with E-state index in [9.17, 15) is 9.59 Å². The van der Waals surface area contributed by atoms with E-state index in [1.165, 1.54) is 6.92 Å². The van der Waals surface area contributed by atoms with Gasteiger partial charge in [0.25, 0.3) is 0 Å². The van der Waals surface area contributed by atoms with Crippen molar-refractivity contribution < 1.29 is 24.2 Å². The van der Waals surface area contributed by atoms with Crippen molar-refractivity contribution in [1.82, 2.24) is 4.98 Å². The molecule has 1 rings (SSSR count). The molecule has 0 atom stereocenters. The molecule has 0 saturated heterocycles. The Kier molecular flexibility index (Phi) is 2.66. The van der Waals surface area contributed by atoms with Crippen molar-refractivity contribution in [2.45, 2.75) is 6.92 Å². The summed E-state index contributed by atoms with van der Waals surface area (Å²) in [7, 11) is 0. The van der Waals surface area contributed by atoms with Gasteiger partial charge in [0.15, 0.2) is 12.2 Å². The van der Waals surface area contributed by atoms with Crippen LogP contribution in [0, 0.1) is 6.92 Å². The molecule has 0 spiro atoms. The first-order valence-corrected chi connectivity index (χ1v) is 3.60. The van der Waals surface area contributed by atoms with Gasteiger partial charge in [-0.2, -0.15) is 0 Å². The van der Waals surface area contributed by atoms with Gasteiger partial charge in [-0.3, -0.25) is 4.79 Å². The predicted molar refractivity (Wildman–Crippen MR) is 43.9 cm³/mol. The first-order valence-electron chi connectivity index (χ1n) is 3.60. The van der Waals surface area contributed by atoms with Gasteiger partial charge in [-0.1, -0.05) is 0 Å². The molecule has 0 amide bonds. The first kappa shape index (κ1) is 9.97. The maximum atomic E-state index is 11.2. The summed E-state index contributed by atoms with van der Waals surface area (Å²) in [6, 6.07) is 0. The molecule has 0 aliphatic carbocycles. The van der Waals surface area contributed by atoms with E-state index in [0.29, 0.717) is 11.8 Å². The fourth-order valence-electron chi connectivity index (χ4n) is 0.790. The number of aliphatic hydroxyl groups is 1. The number of carbonyl (C=O) groups is 2. The van der Waals surface area contributed by atoms with Crippen LogP contribution in [0.5, 0.6) is 0 Å². The second kappa shape index (κ2) is 3.73. The van der Waals surface area contributed by atoms with Gasteiger partial charge >= 0.3 is 5.97 Å². The molecule has 1 aromatic rings. The highest BCUT2D eigenvalue weighted by Crippen LogP contribution is 2.07. The first-order chi connectivity index (χ1) is 6.52. The van der Waals surface area contributed by atoms with Gasteiger partial charge in [-0.05, 0) is 6.92 Å². The lowest BCUT2D eigenvalue weighted by molar-refractivity contribution is -0.135. The Bertz CT molecular complexity index is 404. The molecule has 0 bridgehead atoms. The zero-order valence-electron chi connectivity index (χ0n) is 7.22. The molecule has 14 heavy (non-hydrogen) atoms. The van der Waals surface area contributed by atoms with Crippen LogP contribution >= 0.6 is 0 Å². The molecule has 0 unspecified atom stereocenters. The SMILES string of the molecule is Cc1ncoc1C(=O)/C=C(/O)C(=O)O. The van der Waals surface area contributed by atoms with Crippen LogP contribution in [0.3, 0.4) is 0 Å². The van der Waals surface area contributed by atoms with Crippen LogP contribution in [0.15, 0.2) is 22.6 Å². The number of hydrogen-bond acceptors (Lipinski definition) is 5. The molecule has 1 heterocycles. The van der Waals surface area contributed by atoms with E-state index in [4.69, 9.17) is 14.6 Å². The van der Waals surface area contributed by atoms with Crippen molar-refractivity contribution in [1.29, 1.82) is 0 Å². The van der Waals surface area contributed by atoms with E-state index in [1.807, 2.05) is 0 Å². The number of aryl methyl sites for hydroxylation is 1. The highest BCUT2D eigenvalue weighted by atomic mass is 16.4. The second-order valence-electron chi connectivity index (χ2n) is 2.47. The normalized spacial score (nSPS) is 11.4. The van der Waals surface area contributed by atoms with Crippen LogP contribution < -0.4 is 0 Å². The number of hydrogen-bond donors (Lipinski definition) is 2. The van der Waals surface area contributed by atoms with Crippen molar-refractivity contribution >= 4 is 11.8 Å². The highest BCUT2D eigenvalue weighted by Gasteiger charge is 2.14. The van der Waals surface area contributed by atoms with Crippen LogP contribution in [-0.2, 0) is 4.79 Å². The van der Waals surface area contributed by atoms with Gasteiger partial charge in [0.1, 0.15) is 0 Å². The van der Waals surface area contributed by atoms with E-state index in [-0.39, 0.29) is 5.76 Å². The van der Waals surface area contributed by atoms with Crippen molar-refractivity contribution in [2.24, 2.45) is 0 Å². The number of aliphatic carboxylic acids is 1. The van der Waals surface area contributed by atoms with Gasteiger partial charge in [-0.25, -0.2) is 9.78 Å². The Labute approximate surface area is 78.5 Å². The third kappa shape index (κ3) is 1.98. The quantitative estimate of drug-likeness (QED) is 0.420. The van der Waals surface area contributed by atoms with Gasteiger partial charge in [0.05, 0.1) is 5.69 Å². The van der Waals surface area contributed by atoms with Crippen LogP contribution in [0.25, 0.3) is 0 Å². The zero-order chi connectivity index (χ0) is 10.7. The minimum atomic E-state index is -1.57. The molecular formula is C8H7NO5. The highest BCUT2D eigenvalue weighted by molar-refractivity contribution is 6.06. The van der Waals surface area contributed by atoms with Gasteiger partial charge in [0.2, 0.25) is 11.5 Å². The third-order valence-corrected chi connectivity index (χ3v) is 1.46. The van der Waals surface area contributed by atoms with Crippen molar-refractivity contribution in [3.05, 3.63) is 29.7 Å². The number of carboxylic acids is 1. The molecular weight excluding hydrogens is 190 g/mol. The van der Waals surface area contributed by atoms with E-state index in [2.05, 4.69) is 4.98 Å². The second-order valence-corrected chi connectivity index (χ2v) is 2.47. The molecule has 6 nitrogen and oxygen atoms in total. The van der Waals surface area contributed by atoms with E-state index in [0.717, 1.165) is 6.39 Å². The van der Waals surface area contributed by atoms with Crippen molar-refractivity contribution in [2.75, 3.05) is 0 Å². The van der Waals surface area contributed by atoms with Gasteiger partial charge in [-0.15, -0.1) is 0 Å². The number of carboxylic acid groups (broad SMARTS) is 1. The number of ketones is 1. The number of carbonyl (C=O) groups excluding carboxylic acids is 1. The lowest BCUT2D eigenvalue weighted by atomic mass is 10.2. The predicted octanol–water partition coefficient (Wildman–Crippen LogP) is 0.692. The van der Waals surface area contributed by atoms with Crippen LogP contribution in [-0.4, -0.2) is 26.9 Å². The minimum absolute atomic E-state index is 0.0854. The molecule has 0 aliphatic heterocycles. The summed E-state index contributed by atoms with van der Waals surface area (Å²) in [4.78, 5) is 25.0. The monoisotopic (exact) mass is 197 g/mol. The average molecular weight is 197 g/mol. The minimum Gasteiger partial charge on any atom is -0.502 e. The summed E-state index contributed by atoms with van der Waals surface area (Å²) in [5, 5.41) is 17.0. The average Bonchev–Trinajstić information content (AvgIpc) is 2.51. The maximum absolute atomic E-state index is 11.2. The van der Waals surface area contributed by atoms with Crippen LogP contribution in [0.4, 0.5) is 0 Å². The molecule has 1 aromatic heterocycles. The number of oxazole rings is 1. The Morgan fingerprint density at radius 1 is 1.50 bits per heavy atom. The molecule has 2 N–H and O–H groups in total. The third-order valence-electron chi connectivity index (χ3n) is 1.46. The summed E-state index contributed by atoms with van der Waals surface area (Å²) < 4.78 is 4.70. The Morgan fingerprint density at radius 3 is 2.57 bits per heavy atom. The Balaban J connectivity index is 2.93. The fourth-order valence-corrected chi connectivity index (χ4v) is 0.790. The largest absolute Gasteiger partial charge is 0.502 e. The molecule has 0 fully saturated rings. The smallest absolute Gasteiger partial charge is 0.371 e. The zero-order valence-corrected chi connectivity index (χ0v) is 7.22. The number of nitrogens with zero attached hydrogens (tertiary/aromatic N) is 1. The molecule has 0 aliphatic rings. The lowest BCUT2D eigenvalue weighted by Crippen LogP contribution is -2.04. The summed E-state index contributed by atoms with van der Waals surface area (Å²) in [5.74, 6) is -3.43. The summed E-state index contributed by atoms with van der Waals surface area (Å²) in [6.45, 7) is 1.53. The molecule has 6 heteroatoms. The lowest BCUT2D eigenvalue weighted by Gasteiger charge is -1.91. The summed E-state index contributed by atoms with van der Waals surface area (Å²) in [6.07, 6.45) is 1.63. The Morgan fingerprint density at radius 2 is 2.14 bits per heavy atom. The molecule has 0 saturated carbocycles. The van der Waals surface area contributed by atoms with Crippen molar-refractivity contribution in [3.8, 4) is 0 Å². The van der Waals surface area contributed by atoms with E-state index in [1.54, 1.807) is 0 Å². The van der Waals surface area contributed by atoms with Crippen LogP contribution in [0.2, 0.25) is 0 Å². The van der Waals surface area contributed by atoms with Crippen molar-refractivity contribution in [3.63, 3.8) is 0 Å². The van der Waals surface area contributed by atoms with Crippen LogP contribution in [0.1, 0.15) is 16.2 Å². The maximum Gasteiger partial charge on any atom is 0.371 e. The number of aliphatic hydroxyl groups excluding tert-OH is 1. The Hall–Kier alpha value is -2.11. The summed E-state index contributed by atoms with van der Waals surface area (Å²) in [5.41, 5.74) is 0.337. The standard InChI is InChI=1S/C8H7NO5/c1-4-7(14-3-9-4)5(10)2-6(11)8(12)13/h2-3,11H,1H3,(H,12,13)/b6-2+. The fraction of sp³-hybridized carbons (Fsp3) is 0.125. The van der Waals surface area contributed by atoms with Gasteiger partial charge in [0, 0.05) is 6.08 Å². The van der Waals surface area contributed by atoms with E-state index < -0.39 is 17.5 Å². The number of allylic oxidation sites excluding steroid dienone is 1. The molecule has 0 radical (unpaired) electrons. The van der Waals surface area contributed by atoms with E-state index >= 15 is 0 Å². The molecule has 0 aromatic carbocycles. The number of aromatic nitrogens is 1. The molecule has 74 valence electrons. The topological polar surface area (TPSA) is 101 Å². The number of rotatable bonds is 3. The summed E-state index contributed by atoms with van der Waals surface area (Å²) >= 11 is 0. The van der Waals surface area contributed by atoms with Gasteiger partial charge < -0.3 is 14.6 Å².